The number of aliphatic carboxylic acids is 1. The van der Waals surface area contributed by atoms with Gasteiger partial charge in [-0.1, -0.05) is 35.5 Å². The Morgan fingerprint density at radius 2 is 2.12 bits per heavy atom. The van der Waals surface area contributed by atoms with Gasteiger partial charge in [-0.25, -0.2) is 0 Å². The van der Waals surface area contributed by atoms with E-state index in [4.69, 9.17) is 9.63 Å². The molecule has 1 fully saturated rings. The van der Waals surface area contributed by atoms with Crippen LogP contribution in [0.5, 0.6) is 0 Å². The first kappa shape index (κ1) is 18.4. The number of carbonyl (C=O) groups is 1. The Bertz CT molecular complexity index is 648. The van der Waals surface area contributed by atoms with Crippen LogP contribution in [0.15, 0.2) is 34.9 Å². The van der Waals surface area contributed by atoms with Gasteiger partial charge in [-0.15, -0.1) is 12.4 Å². The molecule has 1 saturated heterocycles. The number of rotatable bonds is 6. The van der Waals surface area contributed by atoms with Crippen LogP contribution in [0.25, 0.3) is 11.4 Å². The van der Waals surface area contributed by atoms with Crippen molar-refractivity contribution in [3.63, 3.8) is 0 Å². The Balaban J connectivity index is 0.00000208. The maximum atomic E-state index is 11.1. The quantitative estimate of drug-likeness (QED) is 0.862. The molecule has 7 heteroatoms. The third-order valence-corrected chi connectivity index (χ3v) is 4.22. The fourth-order valence-electron chi connectivity index (χ4n) is 2.97. The highest BCUT2D eigenvalue weighted by molar-refractivity contribution is 5.85. The van der Waals surface area contributed by atoms with Crippen LogP contribution < -0.4 is 0 Å². The SMILES string of the molecule is Cl.O=C(O)C1CCCN(CCCc2nc(-c3ccccc3)no2)C1. The second kappa shape index (κ2) is 8.80. The zero-order valence-corrected chi connectivity index (χ0v) is 14.2. The summed E-state index contributed by atoms with van der Waals surface area (Å²) in [7, 11) is 0. The largest absolute Gasteiger partial charge is 0.481 e. The van der Waals surface area contributed by atoms with E-state index in [2.05, 4.69) is 15.0 Å². The number of benzene rings is 1. The van der Waals surface area contributed by atoms with Crippen molar-refractivity contribution in [1.29, 1.82) is 0 Å². The van der Waals surface area contributed by atoms with Crippen LogP contribution in [0.1, 0.15) is 25.2 Å². The van der Waals surface area contributed by atoms with Crippen LogP contribution in [0.2, 0.25) is 0 Å². The molecule has 6 nitrogen and oxygen atoms in total. The van der Waals surface area contributed by atoms with Gasteiger partial charge in [0.25, 0.3) is 0 Å². The molecule has 0 bridgehead atoms. The number of aryl methyl sites for hydroxylation is 1. The van der Waals surface area contributed by atoms with Gasteiger partial charge < -0.3 is 14.5 Å². The van der Waals surface area contributed by atoms with Crippen molar-refractivity contribution in [1.82, 2.24) is 15.0 Å². The molecule has 1 aromatic heterocycles. The lowest BCUT2D eigenvalue weighted by atomic mass is 9.98. The Hall–Kier alpha value is -1.92. The normalized spacial score (nSPS) is 18.1. The minimum absolute atomic E-state index is 0. The standard InChI is InChI=1S/C17H21N3O3.ClH/c21-17(22)14-8-4-10-20(12-14)11-5-9-15-18-16(19-23-15)13-6-2-1-3-7-13;/h1-3,6-7,14H,4-5,8-12H2,(H,21,22);1H. The van der Waals surface area contributed by atoms with Gasteiger partial charge in [-0.05, 0) is 32.4 Å². The Morgan fingerprint density at radius 1 is 1.33 bits per heavy atom. The van der Waals surface area contributed by atoms with E-state index in [-0.39, 0.29) is 18.3 Å². The molecule has 1 aliphatic heterocycles. The first-order valence-corrected chi connectivity index (χ1v) is 8.05. The molecule has 0 saturated carbocycles. The molecule has 1 aliphatic rings. The highest BCUT2D eigenvalue weighted by Crippen LogP contribution is 2.18. The molecular formula is C17H22ClN3O3. The minimum Gasteiger partial charge on any atom is -0.481 e. The maximum absolute atomic E-state index is 11.1. The molecule has 130 valence electrons. The lowest BCUT2D eigenvalue weighted by Gasteiger charge is -2.30. The highest BCUT2D eigenvalue weighted by atomic mass is 35.5. The predicted octanol–water partition coefficient (Wildman–Crippen LogP) is 2.89. The van der Waals surface area contributed by atoms with E-state index < -0.39 is 5.97 Å². The minimum atomic E-state index is -0.681. The van der Waals surface area contributed by atoms with Gasteiger partial charge in [0, 0.05) is 18.5 Å². The number of piperidine rings is 1. The Morgan fingerprint density at radius 3 is 2.88 bits per heavy atom. The number of carboxylic acid groups (broad SMARTS) is 1. The lowest BCUT2D eigenvalue weighted by Crippen LogP contribution is -2.39. The van der Waals surface area contributed by atoms with E-state index in [0.717, 1.165) is 37.9 Å². The molecule has 0 radical (unpaired) electrons. The molecule has 1 N–H and O–H groups in total. The summed E-state index contributed by atoms with van der Waals surface area (Å²) >= 11 is 0. The number of likely N-dealkylation sites (tertiary alicyclic amines) is 1. The average Bonchev–Trinajstić information content (AvgIpc) is 3.05. The zero-order valence-electron chi connectivity index (χ0n) is 13.4. The summed E-state index contributed by atoms with van der Waals surface area (Å²) in [6.07, 6.45) is 3.35. The van der Waals surface area contributed by atoms with Crippen molar-refractivity contribution in [2.24, 2.45) is 5.92 Å². The molecule has 0 aliphatic carbocycles. The van der Waals surface area contributed by atoms with E-state index in [9.17, 15) is 4.79 Å². The van der Waals surface area contributed by atoms with Crippen LogP contribution >= 0.6 is 12.4 Å². The van der Waals surface area contributed by atoms with Gasteiger partial charge in [0.05, 0.1) is 5.92 Å². The van der Waals surface area contributed by atoms with E-state index in [1.165, 1.54) is 0 Å². The fourth-order valence-corrected chi connectivity index (χ4v) is 2.97. The number of aromatic nitrogens is 2. The number of hydrogen-bond donors (Lipinski definition) is 1. The third-order valence-electron chi connectivity index (χ3n) is 4.22. The first-order chi connectivity index (χ1) is 11.2. The second-order valence-corrected chi connectivity index (χ2v) is 5.96. The van der Waals surface area contributed by atoms with Crippen molar-refractivity contribution in [2.75, 3.05) is 19.6 Å². The Labute approximate surface area is 147 Å². The molecule has 1 aromatic carbocycles. The van der Waals surface area contributed by atoms with Gasteiger partial charge in [0.15, 0.2) is 0 Å². The van der Waals surface area contributed by atoms with Crippen LogP contribution in [0.4, 0.5) is 0 Å². The van der Waals surface area contributed by atoms with E-state index in [1.54, 1.807) is 0 Å². The van der Waals surface area contributed by atoms with E-state index in [1.807, 2.05) is 30.3 Å². The van der Waals surface area contributed by atoms with Gasteiger partial charge in [0.2, 0.25) is 11.7 Å². The molecular weight excluding hydrogens is 330 g/mol. The van der Waals surface area contributed by atoms with E-state index in [0.29, 0.717) is 24.7 Å². The molecule has 2 heterocycles. The summed E-state index contributed by atoms with van der Waals surface area (Å²) in [6.45, 7) is 2.49. The maximum Gasteiger partial charge on any atom is 0.307 e. The fraction of sp³-hybridized carbons (Fsp3) is 0.471. The third kappa shape index (κ3) is 4.79. The Kier molecular flexibility index (Phi) is 6.75. The smallest absolute Gasteiger partial charge is 0.307 e. The number of halogens is 1. The van der Waals surface area contributed by atoms with E-state index >= 15 is 0 Å². The summed E-state index contributed by atoms with van der Waals surface area (Å²) in [5.41, 5.74) is 0.947. The van der Waals surface area contributed by atoms with Crippen molar-refractivity contribution in [3.05, 3.63) is 36.2 Å². The molecule has 1 unspecified atom stereocenters. The molecule has 1 atom stereocenters. The van der Waals surface area contributed by atoms with Crippen molar-refractivity contribution in [2.45, 2.75) is 25.7 Å². The molecule has 0 spiro atoms. The lowest BCUT2D eigenvalue weighted by molar-refractivity contribution is -0.143. The number of hydrogen-bond acceptors (Lipinski definition) is 5. The molecule has 3 rings (SSSR count). The molecule has 2 aromatic rings. The summed E-state index contributed by atoms with van der Waals surface area (Å²) in [5, 5.41) is 13.1. The highest BCUT2D eigenvalue weighted by Gasteiger charge is 2.24. The van der Waals surface area contributed by atoms with Crippen LogP contribution in [0.3, 0.4) is 0 Å². The summed E-state index contributed by atoms with van der Waals surface area (Å²) in [6, 6.07) is 9.75. The van der Waals surface area contributed by atoms with Crippen molar-refractivity contribution >= 4 is 18.4 Å². The zero-order chi connectivity index (χ0) is 16.1. The summed E-state index contributed by atoms with van der Waals surface area (Å²) in [4.78, 5) is 17.7. The van der Waals surface area contributed by atoms with Crippen LogP contribution in [-0.2, 0) is 11.2 Å². The monoisotopic (exact) mass is 351 g/mol. The first-order valence-electron chi connectivity index (χ1n) is 8.05. The van der Waals surface area contributed by atoms with Crippen LogP contribution in [-0.4, -0.2) is 45.8 Å². The van der Waals surface area contributed by atoms with Gasteiger partial charge in [-0.3, -0.25) is 4.79 Å². The molecule has 0 amide bonds. The topological polar surface area (TPSA) is 79.5 Å². The van der Waals surface area contributed by atoms with Gasteiger partial charge >= 0.3 is 5.97 Å². The van der Waals surface area contributed by atoms with Crippen molar-refractivity contribution < 1.29 is 14.4 Å². The average molecular weight is 352 g/mol. The number of nitrogens with zero attached hydrogens (tertiary/aromatic N) is 3. The van der Waals surface area contributed by atoms with Gasteiger partial charge in [-0.2, -0.15) is 4.98 Å². The van der Waals surface area contributed by atoms with Gasteiger partial charge in [0.1, 0.15) is 0 Å². The summed E-state index contributed by atoms with van der Waals surface area (Å²) < 4.78 is 5.29. The molecule has 24 heavy (non-hydrogen) atoms. The summed E-state index contributed by atoms with van der Waals surface area (Å²) in [5.74, 6) is 0.344. The predicted molar refractivity (Wildman–Crippen MR) is 92.1 cm³/mol. The van der Waals surface area contributed by atoms with Crippen LogP contribution in [0, 0.1) is 5.92 Å². The second-order valence-electron chi connectivity index (χ2n) is 5.96. The number of carboxylic acids is 1. The van der Waals surface area contributed by atoms with Crippen molar-refractivity contribution in [3.8, 4) is 11.4 Å².